The third kappa shape index (κ3) is 2.60. The molecule has 2 rings (SSSR count). The van der Waals surface area contributed by atoms with E-state index >= 15 is 0 Å². The van der Waals surface area contributed by atoms with Crippen molar-refractivity contribution < 1.29 is 4.39 Å². The van der Waals surface area contributed by atoms with E-state index in [0.717, 1.165) is 11.3 Å². The first-order valence-corrected chi connectivity index (χ1v) is 5.51. The summed E-state index contributed by atoms with van der Waals surface area (Å²) in [6.07, 6.45) is 3.11. The summed E-state index contributed by atoms with van der Waals surface area (Å²) in [5, 5.41) is 0.0926. The van der Waals surface area contributed by atoms with E-state index in [9.17, 15) is 4.39 Å². The van der Waals surface area contributed by atoms with E-state index in [1.165, 1.54) is 12.4 Å². The normalized spacial score (nSPS) is 12.4. The van der Waals surface area contributed by atoms with Gasteiger partial charge in [0, 0.05) is 18.7 Å². The van der Waals surface area contributed by atoms with E-state index in [4.69, 9.17) is 17.3 Å². The summed E-state index contributed by atoms with van der Waals surface area (Å²) in [6, 6.07) is 6.37. The minimum Gasteiger partial charge on any atom is -0.329 e. The summed E-state index contributed by atoms with van der Waals surface area (Å²) in [5.74, 6) is -0.537. The van der Waals surface area contributed by atoms with Crippen LogP contribution in [0, 0.1) is 5.82 Å². The minimum absolute atomic E-state index is 0.0926. The molecule has 0 fully saturated rings. The Bertz CT molecular complexity index is 504. The standard InChI is InChI=1S/C12H11ClFN3/c13-10-5-8(1-2-11(10)14)9(6-15)12-3-4-16-7-17-12/h1-5,7,9H,6,15H2. The second-order valence-corrected chi connectivity index (χ2v) is 4.00. The molecule has 1 aromatic carbocycles. The molecule has 2 N–H and O–H groups in total. The van der Waals surface area contributed by atoms with Crippen molar-refractivity contribution in [1.82, 2.24) is 9.97 Å². The van der Waals surface area contributed by atoms with Crippen molar-refractivity contribution in [2.24, 2.45) is 5.73 Å². The fraction of sp³-hybridized carbons (Fsp3) is 0.167. The zero-order valence-electron chi connectivity index (χ0n) is 8.98. The summed E-state index contributed by atoms with van der Waals surface area (Å²) in [4.78, 5) is 8.00. The van der Waals surface area contributed by atoms with Gasteiger partial charge in [-0.25, -0.2) is 14.4 Å². The molecular weight excluding hydrogens is 241 g/mol. The molecule has 1 unspecified atom stereocenters. The van der Waals surface area contributed by atoms with Crippen LogP contribution >= 0.6 is 11.6 Å². The van der Waals surface area contributed by atoms with Crippen molar-refractivity contribution in [1.29, 1.82) is 0 Å². The Balaban J connectivity index is 2.39. The zero-order chi connectivity index (χ0) is 12.3. The van der Waals surface area contributed by atoms with Crippen molar-refractivity contribution in [2.45, 2.75) is 5.92 Å². The van der Waals surface area contributed by atoms with Crippen LogP contribution in [0.1, 0.15) is 17.2 Å². The van der Waals surface area contributed by atoms with E-state index in [-0.39, 0.29) is 10.9 Å². The molecule has 0 saturated carbocycles. The highest BCUT2D eigenvalue weighted by Crippen LogP contribution is 2.25. The molecule has 5 heteroatoms. The third-order valence-corrected chi connectivity index (χ3v) is 2.83. The van der Waals surface area contributed by atoms with Gasteiger partial charge in [0.15, 0.2) is 0 Å². The molecule has 0 aliphatic heterocycles. The molecule has 0 amide bonds. The summed E-state index contributed by atoms with van der Waals surface area (Å²) in [5.41, 5.74) is 7.37. The molecule has 2 aromatic rings. The maximum absolute atomic E-state index is 13.1. The molecular formula is C12H11ClFN3. The van der Waals surface area contributed by atoms with Gasteiger partial charge in [0.25, 0.3) is 0 Å². The van der Waals surface area contributed by atoms with Crippen molar-refractivity contribution in [3.8, 4) is 0 Å². The number of rotatable bonds is 3. The first-order chi connectivity index (χ1) is 8.22. The van der Waals surface area contributed by atoms with E-state index in [0.29, 0.717) is 6.54 Å². The van der Waals surface area contributed by atoms with Gasteiger partial charge in [-0.3, -0.25) is 0 Å². The number of benzene rings is 1. The second-order valence-electron chi connectivity index (χ2n) is 3.60. The third-order valence-electron chi connectivity index (χ3n) is 2.54. The van der Waals surface area contributed by atoms with Gasteiger partial charge in [-0.15, -0.1) is 0 Å². The van der Waals surface area contributed by atoms with Gasteiger partial charge in [0.2, 0.25) is 0 Å². The van der Waals surface area contributed by atoms with Crippen LogP contribution in [0.25, 0.3) is 0 Å². The van der Waals surface area contributed by atoms with Crippen LogP contribution < -0.4 is 5.73 Å². The molecule has 1 aromatic heterocycles. The molecule has 0 aliphatic rings. The average Bonchev–Trinajstić information content (AvgIpc) is 2.36. The quantitative estimate of drug-likeness (QED) is 0.911. The molecule has 0 radical (unpaired) electrons. The SMILES string of the molecule is NCC(c1ccc(F)c(Cl)c1)c1ccncn1. The Hall–Kier alpha value is -1.52. The van der Waals surface area contributed by atoms with Gasteiger partial charge in [0.1, 0.15) is 12.1 Å². The maximum atomic E-state index is 13.1. The fourth-order valence-corrected chi connectivity index (χ4v) is 1.85. The highest BCUT2D eigenvalue weighted by Gasteiger charge is 2.15. The van der Waals surface area contributed by atoms with Crippen molar-refractivity contribution in [3.05, 3.63) is 58.9 Å². The molecule has 0 spiro atoms. The Labute approximate surface area is 103 Å². The number of hydrogen-bond donors (Lipinski definition) is 1. The first kappa shape index (κ1) is 12.0. The van der Waals surface area contributed by atoms with Crippen LogP contribution in [0.3, 0.4) is 0 Å². The van der Waals surface area contributed by atoms with Crippen LogP contribution in [0.15, 0.2) is 36.8 Å². The number of halogens is 2. The molecule has 0 saturated heterocycles. The van der Waals surface area contributed by atoms with Crippen LogP contribution in [0.5, 0.6) is 0 Å². The number of aromatic nitrogens is 2. The lowest BCUT2D eigenvalue weighted by Crippen LogP contribution is -2.15. The van der Waals surface area contributed by atoms with Crippen molar-refractivity contribution in [3.63, 3.8) is 0 Å². The smallest absolute Gasteiger partial charge is 0.141 e. The van der Waals surface area contributed by atoms with Gasteiger partial charge in [-0.1, -0.05) is 17.7 Å². The molecule has 88 valence electrons. The summed E-state index contributed by atoms with van der Waals surface area (Å²) < 4.78 is 13.1. The van der Waals surface area contributed by atoms with Crippen molar-refractivity contribution in [2.75, 3.05) is 6.54 Å². The Kier molecular flexibility index (Phi) is 3.66. The molecule has 1 heterocycles. The number of hydrogen-bond acceptors (Lipinski definition) is 3. The van der Waals surface area contributed by atoms with Crippen molar-refractivity contribution >= 4 is 11.6 Å². The summed E-state index contributed by atoms with van der Waals surface area (Å²) >= 11 is 5.75. The predicted molar refractivity (Wildman–Crippen MR) is 64.3 cm³/mol. The Morgan fingerprint density at radius 1 is 1.35 bits per heavy atom. The maximum Gasteiger partial charge on any atom is 0.141 e. The monoisotopic (exact) mass is 251 g/mol. The van der Waals surface area contributed by atoms with Gasteiger partial charge in [-0.2, -0.15) is 0 Å². The van der Waals surface area contributed by atoms with E-state index in [1.54, 1.807) is 24.4 Å². The molecule has 3 nitrogen and oxygen atoms in total. The van der Waals surface area contributed by atoms with E-state index < -0.39 is 5.82 Å². The molecule has 0 aliphatic carbocycles. The highest BCUT2D eigenvalue weighted by atomic mass is 35.5. The van der Waals surface area contributed by atoms with E-state index in [2.05, 4.69) is 9.97 Å². The molecule has 17 heavy (non-hydrogen) atoms. The highest BCUT2D eigenvalue weighted by molar-refractivity contribution is 6.30. The Morgan fingerprint density at radius 3 is 2.76 bits per heavy atom. The largest absolute Gasteiger partial charge is 0.329 e. The van der Waals surface area contributed by atoms with Crippen LogP contribution in [-0.2, 0) is 0 Å². The van der Waals surface area contributed by atoms with Crippen LogP contribution in [0.4, 0.5) is 4.39 Å². The van der Waals surface area contributed by atoms with E-state index in [1.807, 2.05) is 0 Å². The van der Waals surface area contributed by atoms with Gasteiger partial charge in [0.05, 0.1) is 10.7 Å². The lowest BCUT2D eigenvalue weighted by Gasteiger charge is -2.14. The minimum atomic E-state index is -0.436. The summed E-state index contributed by atoms with van der Waals surface area (Å²) in [7, 11) is 0. The Morgan fingerprint density at radius 2 is 2.18 bits per heavy atom. The topological polar surface area (TPSA) is 51.8 Å². The fourth-order valence-electron chi connectivity index (χ4n) is 1.66. The molecule has 1 atom stereocenters. The van der Waals surface area contributed by atoms with Crippen LogP contribution in [0.2, 0.25) is 5.02 Å². The first-order valence-electron chi connectivity index (χ1n) is 5.13. The summed E-state index contributed by atoms with van der Waals surface area (Å²) in [6.45, 7) is 0.374. The second kappa shape index (κ2) is 5.21. The van der Waals surface area contributed by atoms with Gasteiger partial charge in [-0.05, 0) is 23.8 Å². The average molecular weight is 252 g/mol. The van der Waals surface area contributed by atoms with Crippen LogP contribution in [-0.4, -0.2) is 16.5 Å². The van der Waals surface area contributed by atoms with Gasteiger partial charge >= 0.3 is 0 Å². The lowest BCUT2D eigenvalue weighted by atomic mass is 9.95. The predicted octanol–water partition coefficient (Wildman–Crippen LogP) is 2.36. The zero-order valence-corrected chi connectivity index (χ0v) is 9.73. The van der Waals surface area contributed by atoms with Gasteiger partial charge < -0.3 is 5.73 Å². The lowest BCUT2D eigenvalue weighted by molar-refractivity contribution is 0.626. The number of nitrogens with zero attached hydrogens (tertiary/aromatic N) is 2. The molecule has 0 bridgehead atoms. The number of nitrogens with two attached hydrogens (primary N) is 1.